The highest BCUT2D eigenvalue weighted by Crippen LogP contribution is 2.25. The van der Waals surface area contributed by atoms with E-state index in [4.69, 9.17) is 5.73 Å². The first-order valence-electron chi connectivity index (χ1n) is 6.08. The lowest BCUT2D eigenvalue weighted by Crippen LogP contribution is -2.36. The standard InChI is InChI=1S/C16H18FN/c1-12-6-5-7-13(10-12)11-16(2,18)14-8-3-4-9-15(14)17/h3-10H,11,18H2,1-2H3. The Labute approximate surface area is 107 Å². The number of nitrogens with two attached hydrogens (primary N) is 1. The molecule has 18 heavy (non-hydrogen) atoms. The van der Waals surface area contributed by atoms with Crippen LogP contribution in [0.5, 0.6) is 0 Å². The van der Waals surface area contributed by atoms with Crippen LogP contribution < -0.4 is 5.73 Å². The van der Waals surface area contributed by atoms with Crippen molar-refractivity contribution in [2.24, 2.45) is 5.73 Å². The number of hydrogen-bond donors (Lipinski definition) is 1. The molecule has 2 rings (SSSR count). The fraction of sp³-hybridized carbons (Fsp3) is 0.250. The van der Waals surface area contributed by atoms with Gasteiger partial charge in [0.15, 0.2) is 0 Å². The fourth-order valence-electron chi connectivity index (χ4n) is 2.27. The van der Waals surface area contributed by atoms with Gasteiger partial charge in [0.25, 0.3) is 0 Å². The Morgan fingerprint density at radius 3 is 2.50 bits per heavy atom. The number of benzene rings is 2. The van der Waals surface area contributed by atoms with E-state index in [2.05, 4.69) is 6.07 Å². The molecule has 2 aromatic carbocycles. The van der Waals surface area contributed by atoms with E-state index in [-0.39, 0.29) is 5.82 Å². The van der Waals surface area contributed by atoms with Crippen LogP contribution >= 0.6 is 0 Å². The minimum Gasteiger partial charge on any atom is -0.321 e. The average Bonchev–Trinajstić information content (AvgIpc) is 2.28. The molecule has 0 aliphatic rings. The van der Waals surface area contributed by atoms with E-state index in [1.807, 2.05) is 38.1 Å². The van der Waals surface area contributed by atoms with Gasteiger partial charge >= 0.3 is 0 Å². The zero-order chi connectivity index (χ0) is 13.2. The van der Waals surface area contributed by atoms with E-state index in [1.54, 1.807) is 12.1 Å². The summed E-state index contributed by atoms with van der Waals surface area (Å²) in [7, 11) is 0. The summed E-state index contributed by atoms with van der Waals surface area (Å²) in [5, 5.41) is 0. The van der Waals surface area contributed by atoms with Crippen LogP contribution in [0.2, 0.25) is 0 Å². The Kier molecular flexibility index (Phi) is 3.48. The Morgan fingerprint density at radius 2 is 1.83 bits per heavy atom. The Morgan fingerprint density at radius 1 is 1.11 bits per heavy atom. The van der Waals surface area contributed by atoms with Crippen molar-refractivity contribution in [3.63, 3.8) is 0 Å². The van der Waals surface area contributed by atoms with Crippen molar-refractivity contribution < 1.29 is 4.39 Å². The van der Waals surface area contributed by atoms with Crippen LogP contribution in [0, 0.1) is 12.7 Å². The lowest BCUT2D eigenvalue weighted by atomic mass is 9.86. The predicted octanol–water partition coefficient (Wildman–Crippen LogP) is 3.55. The van der Waals surface area contributed by atoms with E-state index < -0.39 is 5.54 Å². The summed E-state index contributed by atoms with van der Waals surface area (Å²) in [6.45, 7) is 3.91. The minimum absolute atomic E-state index is 0.241. The van der Waals surface area contributed by atoms with Gasteiger partial charge in [0, 0.05) is 11.1 Å². The molecule has 0 heterocycles. The van der Waals surface area contributed by atoms with Gasteiger partial charge in [-0.3, -0.25) is 0 Å². The van der Waals surface area contributed by atoms with Gasteiger partial charge in [0.2, 0.25) is 0 Å². The zero-order valence-corrected chi connectivity index (χ0v) is 10.8. The second kappa shape index (κ2) is 4.91. The maximum Gasteiger partial charge on any atom is 0.128 e. The Bertz CT molecular complexity index is 546. The first-order valence-corrected chi connectivity index (χ1v) is 6.08. The molecule has 0 aliphatic carbocycles. The number of rotatable bonds is 3. The van der Waals surface area contributed by atoms with Crippen LogP contribution in [-0.2, 0) is 12.0 Å². The molecule has 2 N–H and O–H groups in total. The van der Waals surface area contributed by atoms with E-state index in [0.29, 0.717) is 12.0 Å². The van der Waals surface area contributed by atoms with Crippen molar-refractivity contribution in [1.29, 1.82) is 0 Å². The van der Waals surface area contributed by atoms with E-state index in [0.717, 1.165) is 5.56 Å². The largest absolute Gasteiger partial charge is 0.321 e. The summed E-state index contributed by atoms with van der Waals surface area (Å²) in [6.07, 6.45) is 0.621. The summed E-state index contributed by atoms with van der Waals surface area (Å²) in [6, 6.07) is 14.9. The Balaban J connectivity index is 2.30. The normalized spacial score (nSPS) is 14.2. The van der Waals surface area contributed by atoms with Crippen molar-refractivity contribution in [2.75, 3.05) is 0 Å². The van der Waals surface area contributed by atoms with Crippen molar-refractivity contribution in [1.82, 2.24) is 0 Å². The quantitative estimate of drug-likeness (QED) is 0.876. The van der Waals surface area contributed by atoms with Crippen molar-refractivity contribution >= 4 is 0 Å². The lowest BCUT2D eigenvalue weighted by molar-refractivity contribution is 0.457. The first-order chi connectivity index (χ1) is 8.49. The third-order valence-corrected chi connectivity index (χ3v) is 3.14. The van der Waals surface area contributed by atoms with E-state index in [9.17, 15) is 4.39 Å². The number of hydrogen-bond acceptors (Lipinski definition) is 1. The summed E-state index contributed by atoms with van der Waals surface area (Å²) in [4.78, 5) is 0. The molecular formula is C16H18FN. The molecule has 0 saturated carbocycles. The van der Waals surface area contributed by atoms with Gasteiger partial charge in [-0.15, -0.1) is 0 Å². The summed E-state index contributed by atoms with van der Waals surface area (Å²) < 4.78 is 13.8. The molecule has 0 fully saturated rings. The highest BCUT2D eigenvalue weighted by molar-refractivity contribution is 5.30. The molecule has 0 spiro atoms. The van der Waals surface area contributed by atoms with Crippen molar-refractivity contribution in [2.45, 2.75) is 25.8 Å². The lowest BCUT2D eigenvalue weighted by Gasteiger charge is -2.26. The van der Waals surface area contributed by atoms with Gasteiger partial charge in [-0.1, -0.05) is 48.0 Å². The molecule has 0 saturated heterocycles. The molecule has 0 aromatic heterocycles. The smallest absolute Gasteiger partial charge is 0.128 e. The van der Waals surface area contributed by atoms with Gasteiger partial charge < -0.3 is 5.73 Å². The second-order valence-corrected chi connectivity index (χ2v) is 5.06. The van der Waals surface area contributed by atoms with Gasteiger partial charge in [0.1, 0.15) is 5.82 Å². The highest BCUT2D eigenvalue weighted by atomic mass is 19.1. The molecular weight excluding hydrogens is 225 g/mol. The molecule has 94 valence electrons. The van der Waals surface area contributed by atoms with Gasteiger partial charge in [-0.05, 0) is 31.9 Å². The Hall–Kier alpha value is -1.67. The molecule has 0 radical (unpaired) electrons. The maximum absolute atomic E-state index is 13.8. The predicted molar refractivity (Wildman–Crippen MR) is 72.8 cm³/mol. The molecule has 0 bridgehead atoms. The third kappa shape index (κ3) is 2.77. The molecule has 1 atom stereocenters. The van der Waals surface area contributed by atoms with Crippen LogP contribution in [-0.4, -0.2) is 0 Å². The van der Waals surface area contributed by atoms with Crippen molar-refractivity contribution in [3.8, 4) is 0 Å². The van der Waals surface area contributed by atoms with Crippen LogP contribution in [0.25, 0.3) is 0 Å². The summed E-state index contributed by atoms with van der Waals surface area (Å²) in [5.41, 5.74) is 8.47. The van der Waals surface area contributed by atoms with Crippen LogP contribution in [0.4, 0.5) is 4.39 Å². The molecule has 1 nitrogen and oxygen atoms in total. The maximum atomic E-state index is 13.8. The van der Waals surface area contributed by atoms with Crippen LogP contribution in [0.3, 0.4) is 0 Å². The number of aryl methyl sites for hydroxylation is 1. The summed E-state index contributed by atoms with van der Waals surface area (Å²) in [5.74, 6) is -0.241. The molecule has 1 unspecified atom stereocenters. The highest BCUT2D eigenvalue weighted by Gasteiger charge is 2.24. The van der Waals surface area contributed by atoms with E-state index in [1.165, 1.54) is 11.6 Å². The SMILES string of the molecule is Cc1cccc(CC(C)(N)c2ccccc2F)c1. The van der Waals surface area contributed by atoms with E-state index >= 15 is 0 Å². The molecule has 0 aliphatic heterocycles. The monoisotopic (exact) mass is 243 g/mol. The zero-order valence-electron chi connectivity index (χ0n) is 10.8. The fourth-order valence-corrected chi connectivity index (χ4v) is 2.27. The molecule has 0 amide bonds. The van der Waals surface area contributed by atoms with Crippen molar-refractivity contribution in [3.05, 3.63) is 71.0 Å². The van der Waals surface area contributed by atoms with Gasteiger partial charge in [0.05, 0.1) is 0 Å². The van der Waals surface area contributed by atoms with Crippen LogP contribution in [0.1, 0.15) is 23.6 Å². The third-order valence-electron chi connectivity index (χ3n) is 3.14. The van der Waals surface area contributed by atoms with Crippen LogP contribution in [0.15, 0.2) is 48.5 Å². The minimum atomic E-state index is -0.695. The average molecular weight is 243 g/mol. The summed E-state index contributed by atoms with van der Waals surface area (Å²) >= 11 is 0. The number of halogens is 1. The van der Waals surface area contributed by atoms with Gasteiger partial charge in [-0.25, -0.2) is 4.39 Å². The van der Waals surface area contributed by atoms with Gasteiger partial charge in [-0.2, -0.15) is 0 Å². The topological polar surface area (TPSA) is 26.0 Å². The first kappa shape index (κ1) is 12.8. The molecule has 2 heteroatoms. The second-order valence-electron chi connectivity index (χ2n) is 5.06. The molecule has 2 aromatic rings.